The van der Waals surface area contributed by atoms with Crippen LogP contribution in [0.25, 0.3) is 11.0 Å². The molecule has 1 atom stereocenters. The van der Waals surface area contributed by atoms with Crippen LogP contribution >= 0.6 is 0 Å². The van der Waals surface area contributed by atoms with Crippen molar-refractivity contribution >= 4 is 22.7 Å². The molecule has 12 heteroatoms. The second-order valence-corrected chi connectivity index (χ2v) is 8.99. The van der Waals surface area contributed by atoms with E-state index in [2.05, 4.69) is 30.2 Å². The van der Waals surface area contributed by atoms with Gasteiger partial charge in [0.2, 0.25) is 5.95 Å². The first kappa shape index (κ1) is 24.4. The van der Waals surface area contributed by atoms with Crippen LogP contribution in [0.3, 0.4) is 0 Å². The van der Waals surface area contributed by atoms with Gasteiger partial charge in [0.05, 0.1) is 24.8 Å². The highest BCUT2D eigenvalue weighted by molar-refractivity contribution is 5.85. The Morgan fingerprint density at radius 1 is 1.00 bits per heavy atom. The predicted octanol–water partition coefficient (Wildman–Crippen LogP) is 3.65. The zero-order valence-corrected chi connectivity index (χ0v) is 19.5. The number of aromatic nitrogens is 4. The summed E-state index contributed by atoms with van der Waals surface area (Å²) in [4.78, 5) is 19.1. The molecule has 0 spiro atoms. The molecule has 1 aromatic carbocycles. The van der Waals surface area contributed by atoms with Gasteiger partial charge in [-0.1, -0.05) is 0 Å². The minimum absolute atomic E-state index is 0.00146. The Labute approximate surface area is 205 Å². The molecule has 1 aliphatic carbocycles. The normalized spacial score (nSPS) is 21.8. The fraction of sp³-hybridized carbons (Fsp3) is 0.500. The minimum Gasteiger partial charge on any atom is -0.488 e. The van der Waals surface area contributed by atoms with Crippen molar-refractivity contribution in [3.05, 3.63) is 42.5 Å². The number of morpholine rings is 1. The molecule has 2 fully saturated rings. The predicted molar refractivity (Wildman–Crippen MR) is 126 cm³/mol. The molecule has 0 bridgehead atoms. The molecule has 36 heavy (non-hydrogen) atoms. The third-order valence-electron chi connectivity index (χ3n) is 6.50. The summed E-state index contributed by atoms with van der Waals surface area (Å²) >= 11 is 0. The van der Waals surface area contributed by atoms with Gasteiger partial charge in [0.15, 0.2) is 6.10 Å². The van der Waals surface area contributed by atoms with Crippen LogP contribution in [0.5, 0.6) is 5.75 Å². The van der Waals surface area contributed by atoms with E-state index in [1.165, 1.54) is 0 Å². The topological polar surface area (TPSA) is 106 Å². The molecule has 2 N–H and O–H groups in total. The van der Waals surface area contributed by atoms with E-state index in [-0.39, 0.29) is 23.7 Å². The van der Waals surface area contributed by atoms with E-state index in [4.69, 9.17) is 9.47 Å². The maximum absolute atomic E-state index is 12.7. The van der Waals surface area contributed by atoms with Crippen LogP contribution in [0.1, 0.15) is 37.4 Å². The fourth-order valence-electron chi connectivity index (χ4n) is 4.55. The van der Waals surface area contributed by atoms with Crippen LogP contribution in [0.2, 0.25) is 0 Å². The van der Waals surface area contributed by atoms with Crippen molar-refractivity contribution in [3.8, 4) is 5.75 Å². The summed E-state index contributed by atoms with van der Waals surface area (Å²) in [5.74, 6) is 0.942. The second-order valence-electron chi connectivity index (χ2n) is 8.99. The summed E-state index contributed by atoms with van der Waals surface area (Å²) in [7, 11) is 0. The number of halogens is 3. The molecular formula is C24H27F3N6O3. The van der Waals surface area contributed by atoms with E-state index in [1.54, 1.807) is 12.4 Å². The summed E-state index contributed by atoms with van der Waals surface area (Å²) in [6, 6.07) is 4.12. The van der Waals surface area contributed by atoms with Crippen molar-refractivity contribution in [3.63, 3.8) is 0 Å². The Bertz CT molecular complexity index is 1170. The number of rotatable bonds is 6. The van der Waals surface area contributed by atoms with Gasteiger partial charge in [-0.05, 0) is 31.7 Å². The number of alkyl halides is 3. The van der Waals surface area contributed by atoms with Gasteiger partial charge in [0.25, 0.3) is 0 Å². The largest absolute Gasteiger partial charge is 0.488 e. The standard InChI is InChI=1S/C24H27F3N6O3/c25-24(26,27)22(34)15-13-30-23(31-14-15)32-16-1-3-18(4-2-16)36-20-12-17(33-7-9-35-10-8-33)11-19-21(20)29-6-5-28-19/h5-6,11-14,16,18,22,34H,1-4,7-10H2,(H,30,31,32)/t16?,18?,22-/m1/s1. The number of aliphatic hydroxyl groups is 1. The molecule has 3 aromatic rings. The lowest BCUT2D eigenvalue weighted by molar-refractivity contribution is -0.206. The Morgan fingerprint density at radius 3 is 2.39 bits per heavy atom. The Balaban J connectivity index is 1.21. The number of nitrogens with one attached hydrogen (secondary N) is 1. The van der Waals surface area contributed by atoms with Crippen molar-refractivity contribution in [2.45, 2.75) is 50.1 Å². The zero-order chi connectivity index (χ0) is 25.1. The number of ether oxygens (including phenoxy) is 2. The van der Waals surface area contributed by atoms with Crippen LogP contribution < -0.4 is 15.0 Å². The molecule has 5 rings (SSSR count). The van der Waals surface area contributed by atoms with Crippen LogP contribution in [0, 0.1) is 0 Å². The number of fused-ring (bicyclic) bond motifs is 1. The van der Waals surface area contributed by atoms with Gasteiger partial charge in [0.1, 0.15) is 11.3 Å². The molecule has 0 amide bonds. The van der Waals surface area contributed by atoms with Crippen LogP contribution in [0.15, 0.2) is 36.9 Å². The summed E-state index contributed by atoms with van der Waals surface area (Å²) in [6.07, 6.45) is 1.11. The Hall–Kier alpha value is -3.25. The van der Waals surface area contributed by atoms with Gasteiger partial charge in [-0.25, -0.2) is 15.0 Å². The average molecular weight is 505 g/mol. The SMILES string of the molecule is O[C@H](c1cnc(NC2CCC(Oc3cc(N4CCOCC4)cc4nccnc34)CC2)nc1)C(F)(F)F. The van der Waals surface area contributed by atoms with E-state index in [0.29, 0.717) is 19.0 Å². The van der Waals surface area contributed by atoms with Gasteiger partial charge >= 0.3 is 6.18 Å². The summed E-state index contributed by atoms with van der Waals surface area (Å²) in [6.45, 7) is 2.97. The highest BCUT2D eigenvalue weighted by Gasteiger charge is 2.39. The summed E-state index contributed by atoms with van der Waals surface area (Å²) < 4.78 is 49.9. The van der Waals surface area contributed by atoms with Gasteiger partial charge < -0.3 is 24.8 Å². The molecule has 1 saturated carbocycles. The lowest BCUT2D eigenvalue weighted by atomic mass is 9.93. The maximum atomic E-state index is 12.7. The first-order valence-electron chi connectivity index (χ1n) is 11.9. The van der Waals surface area contributed by atoms with Gasteiger partial charge in [-0.2, -0.15) is 13.2 Å². The molecule has 1 aliphatic heterocycles. The number of anilines is 2. The highest BCUT2D eigenvalue weighted by atomic mass is 19.4. The Kier molecular flexibility index (Phi) is 7.06. The van der Waals surface area contributed by atoms with Crippen LogP contribution in [0.4, 0.5) is 24.8 Å². The van der Waals surface area contributed by atoms with E-state index >= 15 is 0 Å². The number of aliphatic hydroxyl groups excluding tert-OH is 1. The third kappa shape index (κ3) is 5.59. The smallest absolute Gasteiger partial charge is 0.418 e. The van der Waals surface area contributed by atoms with Gasteiger partial charge in [-0.3, -0.25) is 4.98 Å². The molecule has 3 heterocycles. The molecule has 9 nitrogen and oxygen atoms in total. The highest BCUT2D eigenvalue weighted by Crippen LogP contribution is 2.34. The second kappa shape index (κ2) is 10.4. The number of benzene rings is 1. The quantitative estimate of drug-likeness (QED) is 0.520. The molecular weight excluding hydrogens is 477 g/mol. The molecule has 192 valence electrons. The molecule has 0 radical (unpaired) electrons. The van der Waals surface area contributed by atoms with E-state index in [9.17, 15) is 18.3 Å². The van der Waals surface area contributed by atoms with Gasteiger partial charge in [0, 0.05) is 61.2 Å². The lowest BCUT2D eigenvalue weighted by Crippen LogP contribution is -2.36. The zero-order valence-electron chi connectivity index (χ0n) is 19.5. The molecule has 0 unspecified atom stereocenters. The van der Waals surface area contributed by atoms with E-state index < -0.39 is 12.3 Å². The van der Waals surface area contributed by atoms with Crippen LogP contribution in [-0.4, -0.2) is 69.7 Å². The lowest BCUT2D eigenvalue weighted by Gasteiger charge is -2.31. The molecule has 2 aliphatic rings. The number of hydrogen-bond donors (Lipinski definition) is 2. The summed E-state index contributed by atoms with van der Waals surface area (Å²) in [5, 5.41) is 12.5. The van der Waals surface area contributed by atoms with Crippen molar-refractivity contribution in [1.82, 2.24) is 19.9 Å². The minimum atomic E-state index is -4.75. The maximum Gasteiger partial charge on any atom is 0.418 e. The molecule has 1 saturated heterocycles. The summed E-state index contributed by atoms with van der Waals surface area (Å²) in [5.41, 5.74) is 2.15. The van der Waals surface area contributed by atoms with E-state index in [1.807, 2.05) is 12.1 Å². The van der Waals surface area contributed by atoms with Crippen LogP contribution in [-0.2, 0) is 4.74 Å². The van der Waals surface area contributed by atoms with Crippen molar-refractivity contribution < 1.29 is 27.8 Å². The third-order valence-corrected chi connectivity index (χ3v) is 6.50. The van der Waals surface area contributed by atoms with E-state index in [0.717, 1.165) is 67.9 Å². The first-order valence-corrected chi connectivity index (χ1v) is 11.9. The van der Waals surface area contributed by atoms with Gasteiger partial charge in [-0.15, -0.1) is 0 Å². The molecule has 2 aromatic heterocycles. The average Bonchev–Trinajstić information content (AvgIpc) is 2.90. The number of nitrogens with zero attached hydrogens (tertiary/aromatic N) is 5. The van der Waals surface area contributed by atoms with Crippen molar-refractivity contribution in [2.75, 3.05) is 36.5 Å². The fourth-order valence-corrected chi connectivity index (χ4v) is 4.55. The first-order chi connectivity index (χ1) is 17.4. The number of hydrogen-bond acceptors (Lipinski definition) is 9. The monoisotopic (exact) mass is 504 g/mol. The van der Waals surface area contributed by atoms with Crippen molar-refractivity contribution in [1.29, 1.82) is 0 Å². The Morgan fingerprint density at radius 2 is 1.69 bits per heavy atom. The van der Waals surface area contributed by atoms with Crippen molar-refractivity contribution in [2.24, 2.45) is 0 Å².